The number of alkyl halides is 6. The lowest BCUT2D eigenvalue weighted by molar-refractivity contribution is -0.142. The first-order valence-corrected chi connectivity index (χ1v) is 3.60. The number of aromatic hydroxyl groups is 1. The molecule has 84 valence electrons. The van der Waals surface area contributed by atoms with Gasteiger partial charge in [-0.15, -0.1) is 0 Å². The summed E-state index contributed by atoms with van der Waals surface area (Å²) >= 11 is 0. The molecule has 0 atom stereocenters. The number of benzene rings is 1. The van der Waals surface area contributed by atoms with Crippen molar-refractivity contribution in [3.63, 3.8) is 0 Å². The zero-order chi connectivity index (χ0) is 11.9. The molecule has 0 aliphatic heterocycles. The number of phenols is 1. The number of hydrogen-bond acceptors (Lipinski definition) is 1. The summed E-state index contributed by atoms with van der Waals surface area (Å²) in [5.41, 5.74) is -2.82. The first kappa shape index (κ1) is 11.7. The van der Waals surface area contributed by atoms with Crippen molar-refractivity contribution >= 4 is 0 Å². The van der Waals surface area contributed by atoms with E-state index in [4.69, 9.17) is 5.11 Å². The van der Waals surface area contributed by atoms with E-state index >= 15 is 0 Å². The standard InChI is InChI=1S/C8H4F6O/c9-7(10,11)4-1-2-5(6(15)3-4)8(12,13)14/h1-3,15H. The second-order valence-corrected chi connectivity index (χ2v) is 2.73. The molecule has 0 unspecified atom stereocenters. The van der Waals surface area contributed by atoms with Crippen molar-refractivity contribution in [1.82, 2.24) is 0 Å². The van der Waals surface area contributed by atoms with Crippen LogP contribution >= 0.6 is 0 Å². The van der Waals surface area contributed by atoms with Crippen LogP contribution in [0.4, 0.5) is 26.3 Å². The molecule has 1 rings (SSSR count). The van der Waals surface area contributed by atoms with Gasteiger partial charge in [-0.05, 0) is 18.2 Å². The van der Waals surface area contributed by atoms with Crippen molar-refractivity contribution in [3.8, 4) is 5.75 Å². The summed E-state index contributed by atoms with van der Waals surface area (Å²) in [4.78, 5) is 0. The van der Waals surface area contributed by atoms with Gasteiger partial charge in [-0.1, -0.05) is 0 Å². The molecule has 1 N–H and O–H groups in total. The lowest BCUT2D eigenvalue weighted by Crippen LogP contribution is -2.09. The van der Waals surface area contributed by atoms with Crippen LogP contribution in [0.25, 0.3) is 0 Å². The molecule has 0 aliphatic rings. The fourth-order valence-corrected chi connectivity index (χ4v) is 0.948. The van der Waals surface area contributed by atoms with E-state index in [1.165, 1.54) is 0 Å². The molecule has 7 heteroatoms. The van der Waals surface area contributed by atoms with Crippen molar-refractivity contribution < 1.29 is 31.4 Å². The molecule has 0 saturated carbocycles. The maximum atomic E-state index is 12.0. The second-order valence-electron chi connectivity index (χ2n) is 2.73. The fraction of sp³-hybridized carbons (Fsp3) is 0.250. The van der Waals surface area contributed by atoms with Gasteiger partial charge in [0.15, 0.2) is 0 Å². The van der Waals surface area contributed by atoms with Gasteiger partial charge in [0.05, 0.1) is 11.1 Å². The highest BCUT2D eigenvalue weighted by atomic mass is 19.4. The Balaban J connectivity index is 3.21. The largest absolute Gasteiger partial charge is 0.507 e. The minimum atomic E-state index is -4.87. The Bertz CT molecular complexity index is 364. The van der Waals surface area contributed by atoms with Gasteiger partial charge in [0, 0.05) is 0 Å². The van der Waals surface area contributed by atoms with Crippen LogP contribution < -0.4 is 0 Å². The Morgan fingerprint density at radius 2 is 1.40 bits per heavy atom. The number of phenolic OH excluding ortho intramolecular Hbond substituents is 1. The lowest BCUT2D eigenvalue weighted by atomic mass is 10.1. The maximum absolute atomic E-state index is 12.0. The Labute approximate surface area is 79.9 Å². The van der Waals surface area contributed by atoms with E-state index in [0.717, 1.165) is 0 Å². The monoisotopic (exact) mass is 230 g/mol. The minimum Gasteiger partial charge on any atom is -0.507 e. The molecule has 0 aromatic heterocycles. The van der Waals surface area contributed by atoms with Gasteiger partial charge >= 0.3 is 12.4 Å². The van der Waals surface area contributed by atoms with Crippen molar-refractivity contribution in [2.75, 3.05) is 0 Å². The third kappa shape index (κ3) is 2.54. The summed E-state index contributed by atoms with van der Waals surface area (Å²) in [6.45, 7) is 0. The summed E-state index contributed by atoms with van der Waals surface area (Å²) in [5, 5.41) is 8.77. The predicted octanol–water partition coefficient (Wildman–Crippen LogP) is 3.43. The lowest BCUT2D eigenvalue weighted by Gasteiger charge is -2.11. The average molecular weight is 230 g/mol. The Hall–Kier alpha value is -1.40. The molecule has 15 heavy (non-hydrogen) atoms. The molecule has 0 heterocycles. The van der Waals surface area contributed by atoms with Crippen molar-refractivity contribution in [3.05, 3.63) is 29.3 Å². The Morgan fingerprint density at radius 3 is 1.73 bits per heavy atom. The molecular formula is C8H4F6O. The molecular weight excluding hydrogens is 226 g/mol. The van der Waals surface area contributed by atoms with Crippen LogP contribution in [0.2, 0.25) is 0 Å². The first-order valence-electron chi connectivity index (χ1n) is 3.60. The van der Waals surface area contributed by atoms with Crippen LogP contribution in [0.3, 0.4) is 0 Å². The van der Waals surface area contributed by atoms with E-state index in [0.29, 0.717) is 0 Å². The van der Waals surface area contributed by atoms with Crippen LogP contribution in [0, 0.1) is 0 Å². The maximum Gasteiger partial charge on any atom is 0.419 e. The highest BCUT2D eigenvalue weighted by molar-refractivity contribution is 5.39. The van der Waals surface area contributed by atoms with Gasteiger partial charge in [-0.25, -0.2) is 0 Å². The van der Waals surface area contributed by atoms with Crippen LogP contribution in [-0.4, -0.2) is 5.11 Å². The van der Waals surface area contributed by atoms with Gasteiger partial charge in [0.1, 0.15) is 5.75 Å². The van der Waals surface area contributed by atoms with E-state index in [-0.39, 0.29) is 18.2 Å². The second kappa shape index (κ2) is 3.32. The summed E-state index contributed by atoms with van der Waals surface area (Å²) in [6, 6.07) is 0.503. The quantitative estimate of drug-likeness (QED) is 0.677. The molecule has 0 spiro atoms. The molecule has 0 amide bonds. The predicted molar refractivity (Wildman–Crippen MR) is 38.1 cm³/mol. The number of halogens is 6. The molecule has 1 nitrogen and oxygen atoms in total. The SMILES string of the molecule is Oc1cc(C(F)(F)F)ccc1C(F)(F)F. The van der Waals surface area contributed by atoms with Crippen molar-refractivity contribution in [2.24, 2.45) is 0 Å². The number of rotatable bonds is 0. The van der Waals surface area contributed by atoms with Gasteiger partial charge in [-0.3, -0.25) is 0 Å². The Kier molecular flexibility index (Phi) is 2.58. The zero-order valence-corrected chi connectivity index (χ0v) is 6.95. The fourth-order valence-electron chi connectivity index (χ4n) is 0.948. The molecule has 1 aromatic carbocycles. The van der Waals surface area contributed by atoms with E-state index in [1.807, 2.05) is 0 Å². The molecule has 0 aliphatic carbocycles. The third-order valence-electron chi connectivity index (χ3n) is 1.63. The van der Waals surface area contributed by atoms with E-state index in [1.54, 1.807) is 0 Å². The van der Waals surface area contributed by atoms with Crippen molar-refractivity contribution in [2.45, 2.75) is 12.4 Å². The minimum absolute atomic E-state index is 0.0445. The van der Waals surface area contributed by atoms with Crippen LogP contribution in [0.5, 0.6) is 5.75 Å². The highest BCUT2D eigenvalue weighted by Crippen LogP contribution is 2.39. The molecule has 0 fully saturated rings. The van der Waals surface area contributed by atoms with Crippen LogP contribution in [-0.2, 0) is 12.4 Å². The van der Waals surface area contributed by atoms with Crippen LogP contribution in [0.15, 0.2) is 18.2 Å². The van der Waals surface area contributed by atoms with E-state index in [2.05, 4.69) is 0 Å². The summed E-state index contributed by atoms with van der Waals surface area (Å²) in [7, 11) is 0. The summed E-state index contributed by atoms with van der Waals surface area (Å²) < 4.78 is 72.1. The molecule has 0 radical (unpaired) electrons. The highest BCUT2D eigenvalue weighted by Gasteiger charge is 2.37. The van der Waals surface area contributed by atoms with Gasteiger partial charge < -0.3 is 5.11 Å². The summed E-state index contributed by atoms with van der Waals surface area (Å²) in [5.74, 6) is -1.43. The van der Waals surface area contributed by atoms with Crippen LogP contribution in [0.1, 0.15) is 11.1 Å². The topological polar surface area (TPSA) is 20.2 Å². The summed E-state index contributed by atoms with van der Waals surface area (Å²) in [6.07, 6.45) is -9.64. The van der Waals surface area contributed by atoms with Gasteiger partial charge in [0.2, 0.25) is 0 Å². The van der Waals surface area contributed by atoms with E-state index in [9.17, 15) is 26.3 Å². The normalized spacial score (nSPS) is 12.9. The van der Waals surface area contributed by atoms with Crippen molar-refractivity contribution in [1.29, 1.82) is 0 Å². The zero-order valence-electron chi connectivity index (χ0n) is 6.95. The third-order valence-corrected chi connectivity index (χ3v) is 1.63. The van der Waals surface area contributed by atoms with E-state index < -0.39 is 29.2 Å². The average Bonchev–Trinajstić information content (AvgIpc) is 1.99. The Morgan fingerprint density at radius 1 is 0.867 bits per heavy atom. The smallest absolute Gasteiger partial charge is 0.419 e. The number of hydrogen-bond donors (Lipinski definition) is 1. The molecule has 1 aromatic rings. The van der Waals surface area contributed by atoms with Gasteiger partial charge in [-0.2, -0.15) is 26.3 Å². The molecule has 0 bridgehead atoms. The molecule has 0 saturated heterocycles. The first-order chi connectivity index (χ1) is 6.62. The van der Waals surface area contributed by atoms with Gasteiger partial charge in [0.25, 0.3) is 0 Å².